The van der Waals surface area contributed by atoms with Gasteiger partial charge in [0.2, 0.25) is 0 Å². The van der Waals surface area contributed by atoms with Crippen LogP contribution in [-0.2, 0) is 9.22 Å². The fourth-order valence-corrected chi connectivity index (χ4v) is 3.23. The highest BCUT2D eigenvalue weighted by atomic mass is 28.4. The van der Waals surface area contributed by atoms with Crippen LogP contribution in [0.15, 0.2) is 25.3 Å². The predicted octanol–water partition coefficient (Wildman–Crippen LogP) is 3.32. The van der Waals surface area contributed by atoms with Crippen LogP contribution in [0.2, 0.25) is 19.1 Å². The topological polar surface area (TPSA) is 46.5 Å². The molecule has 110 valence electrons. The molecule has 0 aromatic rings. The van der Waals surface area contributed by atoms with E-state index in [2.05, 4.69) is 26.3 Å². The molecule has 0 saturated heterocycles. The Labute approximate surface area is 118 Å². The summed E-state index contributed by atoms with van der Waals surface area (Å²) < 4.78 is 6.01. The van der Waals surface area contributed by atoms with Crippen LogP contribution in [0.5, 0.6) is 0 Å². The lowest BCUT2D eigenvalue weighted by Crippen LogP contribution is -2.40. The number of allylic oxidation sites excluding steroid dienone is 1. The van der Waals surface area contributed by atoms with Gasteiger partial charge in [-0.2, -0.15) is 0 Å². The van der Waals surface area contributed by atoms with Gasteiger partial charge in [-0.15, -0.1) is 13.2 Å². The molecule has 19 heavy (non-hydrogen) atoms. The Morgan fingerprint density at radius 1 is 1.47 bits per heavy atom. The van der Waals surface area contributed by atoms with Crippen molar-refractivity contribution >= 4 is 14.1 Å². The molecular formula is C15H28O3Si. The molecule has 0 aliphatic rings. The van der Waals surface area contributed by atoms with Crippen molar-refractivity contribution in [1.29, 1.82) is 0 Å². The first-order valence-corrected chi connectivity index (χ1v) is 9.84. The summed E-state index contributed by atoms with van der Waals surface area (Å²) in [5.41, 5.74) is -0.513. The molecule has 0 amide bonds. The van der Waals surface area contributed by atoms with Crippen LogP contribution in [0, 0.1) is 5.41 Å². The van der Waals surface area contributed by atoms with Gasteiger partial charge in [0.1, 0.15) is 5.78 Å². The summed E-state index contributed by atoms with van der Waals surface area (Å²) >= 11 is 0. The molecule has 0 aromatic heterocycles. The Kier molecular flexibility index (Phi) is 7.48. The molecule has 1 N–H and O–H groups in total. The lowest BCUT2D eigenvalue weighted by molar-refractivity contribution is -0.118. The fraction of sp³-hybridized carbons (Fsp3) is 0.667. The number of carbonyl (C=O) groups is 1. The zero-order chi connectivity index (χ0) is 15.1. The molecule has 0 radical (unpaired) electrons. The first-order valence-electron chi connectivity index (χ1n) is 6.73. The van der Waals surface area contributed by atoms with E-state index < -0.39 is 19.8 Å². The van der Waals surface area contributed by atoms with Crippen molar-refractivity contribution in [1.82, 2.24) is 0 Å². The molecule has 1 unspecified atom stereocenters. The third kappa shape index (κ3) is 6.85. The molecule has 2 atom stereocenters. The second kappa shape index (κ2) is 7.77. The summed E-state index contributed by atoms with van der Waals surface area (Å²) in [6.45, 7) is 15.7. The first kappa shape index (κ1) is 18.3. The van der Waals surface area contributed by atoms with Gasteiger partial charge in [-0.3, -0.25) is 0 Å². The number of ketones is 1. The average molecular weight is 284 g/mol. The number of aliphatic hydroxyl groups is 1. The molecule has 0 rings (SSSR count). The van der Waals surface area contributed by atoms with Crippen molar-refractivity contribution in [3.63, 3.8) is 0 Å². The van der Waals surface area contributed by atoms with Crippen molar-refractivity contribution < 1.29 is 14.3 Å². The minimum atomic E-state index is -1.76. The minimum absolute atomic E-state index is 0.0905. The maximum absolute atomic E-state index is 11.0. The van der Waals surface area contributed by atoms with Gasteiger partial charge >= 0.3 is 0 Å². The van der Waals surface area contributed by atoms with Crippen LogP contribution in [0.4, 0.5) is 0 Å². The van der Waals surface area contributed by atoms with Gasteiger partial charge in [0.05, 0.1) is 6.10 Å². The molecular weight excluding hydrogens is 256 g/mol. The summed E-state index contributed by atoms with van der Waals surface area (Å²) in [7, 11) is -1.76. The fourth-order valence-electron chi connectivity index (χ4n) is 1.72. The van der Waals surface area contributed by atoms with Crippen molar-refractivity contribution in [2.45, 2.75) is 51.9 Å². The van der Waals surface area contributed by atoms with Gasteiger partial charge in [-0.25, -0.2) is 0 Å². The van der Waals surface area contributed by atoms with Crippen molar-refractivity contribution in [3.05, 3.63) is 25.3 Å². The normalized spacial score (nSPS) is 16.5. The molecule has 0 heterocycles. The minimum Gasteiger partial charge on any atom is -0.416 e. The summed E-state index contributed by atoms with van der Waals surface area (Å²) in [6.07, 6.45) is 3.84. The molecule has 3 nitrogen and oxygen atoms in total. The van der Waals surface area contributed by atoms with E-state index in [1.807, 2.05) is 13.0 Å². The summed E-state index contributed by atoms with van der Waals surface area (Å²) in [5.74, 6) is 0.0905. The number of Topliss-reactive ketones (excluding diaryl/α,β-unsaturated/α-hetero) is 1. The van der Waals surface area contributed by atoms with Crippen LogP contribution in [0.3, 0.4) is 0 Å². The van der Waals surface area contributed by atoms with E-state index in [1.165, 1.54) is 6.92 Å². The summed E-state index contributed by atoms with van der Waals surface area (Å²) in [5, 5.41) is 10.2. The smallest absolute Gasteiger partial charge is 0.190 e. The number of rotatable bonds is 10. The lowest BCUT2D eigenvalue weighted by Gasteiger charge is -2.34. The maximum Gasteiger partial charge on any atom is 0.190 e. The molecule has 0 saturated carbocycles. The van der Waals surface area contributed by atoms with Gasteiger partial charge in [0, 0.05) is 18.4 Å². The van der Waals surface area contributed by atoms with Gasteiger partial charge in [0.25, 0.3) is 0 Å². The largest absolute Gasteiger partial charge is 0.416 e. The van der Waals surface area contributed by atoms with E-state index in [0.717, 1.165) is 6.04 Å². The Hall–Kier alpha value is -0.713. The van der Waals surface area contributed by atoms with Crippen molar-refractivity contribution in [2.75, 3.05) is 6.61 Å². The van der Waals surface area contributed by atoms with Crippen LogP contribution in [0.1, 0.15) is 26.7 Å². The highest BCUT2D eigenvalue weighted by Gasteiger charge is 2.33. The second-order valence-corrected chi connectivity index (χ2v) is 10.2. The van der Waals surface area contributed by atoms with E-state index in [-0.39, 0.29) is 5.78 Å². The van der Waals surface area contributed by atoms with Crippen LogP contribution in [0.25, 0.3) is 0 Å². The van der Waals surface area contributed by atoms with Crippen molar-refractivity contribution in [2.24, 2.45) is 5.41 Å². The lowest BCUT2D eigenvalue weighted by atomic mass is 9.83. The highest BCUT2D eigenvalue weighted by molar-refractivity contribution is 6.71. The van der Waals surface area contributed by atoms with Crippen LogP contribution >= 0.6 is 0 Å². The highest BCUT2D eigenvalue weighted by Crippen LogP contribution is 2.28. The predicted molar refractivity (Wildman–Crippen MR) is 82.7 cm³/mol. The Bertz CT molecular complexity index is 325. The SMILES string of the molecule is C=CC[Si](C)(C)OCC(C)(C=C)[C@@H](O)CCC(C)=O. The molecule has 0 aliphatic carbocycles. The molecule has 4 heteroatoms. The van der Waals surface area contributed by atoms with E-state index in [0.29, 0.717) is 19.4 Å². The van der Waals surface area contributed by atoms with E-state index in [4.69, 9.17) is 4.43 Å². The summed E-state index contributed by atoms with van der Waals surface area (Å²) in [6, 6.07) is 0.879. The second-order valence-electron chi connectivity index (χ2n) is 6.01. The van der Waals surface area contributed by atoms with Gasteiger partial charge < -0.3 is 14.3 Å². The number of hydrogen-bond acceptors (Lipinski definition) is 3. The summed E-state index contributed by atoms with van der Waals surface area (Å²) in [4.78, 5) is 11.0. The zero-order valence-electron chi connectivity index (χ0n) is 12.7. The number of carbonyl (C=O) groups excluding carboxylic acids is 1. The van der Waals surface area contributed by atoms with Crippen LogP contribution in [-0.4, -0.2) is 31.9 Å². The standard InChI is InChI=1S/C15H28O3Si/c1-7-11-19(5,6)18-12-15(4,8-2)14(17)10-9-13(3)16/h7-8,14,17H,1-2,9-12H2,3-6H3/t14-,15?/m0/s1. The average Bonchev–Trinajstić information content (AvgIpc) is 2.33. The molecule has 0 spiro atoms. The third-order valence-electron chi connectivity index (χ3n) is 3.41. The molecule has 0 fully saturated rings. The Morgan fingerprint density at radius 3 is 2.47 bits per heavy atom. The monoisotopic (exact) mass is 284 g/mol. The number of aliphatic hydroxyl groups excluding tert-OH is 1. The van der Waals surface area contributed by atoms with E-state index in [1.54, 1.807) is 6.08 Å². The molecule has 0 aromatic carbocycles. The van der Waals surface area contributed by atoms with E-state index >= 15 is 0 Å². The number of hydrogen-bond donors (Lipinski definition) is 1. The first-order chi connectivity index (χ1) is 8.67. The van der Waals surface area contributed by atoms with Gasteiger partial charge in [-0.1, -0.05) is 19.1 Å². The molecule has 0 aliphatic heterocycles. The van der Waals surface area contributed by atoms with Gasteiger partial charge in [0.15, 0.2) is 8.32 Å². The Balaban J connectivity index is 4.55. The van der Waals surface area contributed by atoms with Gasteiger partial charge in [-0.05, 0) is 32.5 Å². The third-order valence-corrected chi connectivity index (χ3v) is 5.60. The van der Waals surface area contributed by atoms with Crippen molar-refractivity contribution in [3.8, 4) is 0 Å². The Morgan fingerprint density at radius 2 is 2.05 bits per heavy atom. The quantitative estimate of drug-likeness (QED) is 0.494. The van der Waals surface area contributed by atoms with Crippen LogP contribution < -0.4 is 0 Å². The van der Waals surface area contributed by atoms with E-state index in [9.17, 15) is 9.90 Å². The zero-order valence-corrected chi connectivity index (χ0v) is 13.7. The maximum atomic E-state index is 11.0. The molecule has 0 bridgehead atoms.